The number of carbonyl (C=O) groups excluding carboxylic acids is 1. The summed E-state index contributed by atoms with van der Waals surface area (Å²) in [5, 5.41) is 1.56. The molecular weight excluding hydrogens is 458 g/mol. The van der Waals surface area contributed by atoms with Gasteiger partial charge in [0.05, 0.1) is 10.2 Å². The van der Waals surface area contributed by atoms with Gasteiger partial charge in [-0.2, -0.15) is 0 Å². The van der Waals surface area contributed by atoms with Gasteiger partial charge in [0.2, 0.25) is 5.91 Å². The van der Waals surface area contributed by atoms with Crippen molar-refractivity contribution in [1.29, 1.82) is 0 Å². The topological polar surface area (TPSA) is 36.4 Å². The summed E-state index contributed by atoms with van der Waals surface area (Å²) in [7, 11) is 0. The minimum atomic E-state index is 0.155. The normalized spacial score (nSPS) is 11.4. The lowest BCUT2D eigenvalue weighted by atomic mass is 10.1. The number of aromatic nitrogens is 1. The Labute approximate surface area is 205 Å². The lowest BCUT2D eigenvalue weighted by molar-refractivity contribution is -0.118. The lowest BCUT2D eigenvalue weighted by Gasteiger charge is -2.24. The van der Waals surface area contributed by atoms with Gasteiger partial charge in [-0.15, -0.1) is 11.8 Å². The van der Waals surface area contributed by atoms with Crippen LogP contribution in [0.2, 0.25) is 5.02 Å². The zero-order valence-electron chi connectivity index (χ0n) is 19.4. The molecule has 0 aliphatic heterocycles. The van der Waals surface area contributed by atoms with Crippen LogP contribution >= 0.6 is 34.7 Å². The predicted molar refractivity (Wildman–Crippen MR) is 141 cm³/mol. The van der Waals surface area contributed by atoms with Crippen LogP contribution in [0.15, 0.2) is 41.3 Å². The molecule has 0 aliphatic rings. The zero-order chi connectivity index (χ0) is 23.1. The van der Waals surface area contributed by atoms with E-state index in [0.717, 1.165) is 52.2 Å². The number of rotatable bonds is 11. The summed E-state index contributed by atoms with van der Waals surface area (Å²) in [5.41, 5.74) is 3.44. The molecule has 4 nitrogen and oxygen atoms in total. The molecule has 0 radical (unpaired) electrons. The number of halogens is 1. The number of amides is 1. The van der Waals surface area contributed by atoms with Crippen LogP contribution in [0.25, 0.3) is 10.2 Å². The van der Waals surface area contributed by atoms with Gasteiger partial charge < -0.3 is 4.90 Å². The molecule has 1 aromatic heterocycles. The van der Waals surface area contributed by atoms with Crippen LogP contribution in [-0.4, -0.2) is 47.7 Å². The second-order valence-corrected chi connectivity index (χ2v) is 10.4. The van der Waals surface area contributed by atoms with Crippen molar-refractivity contribution in [3.8, 4) is 0 Å². The number of carbonyl (C=O) groups is 1. The van der Waals surface area contributed by atoms with E-state index in [2.05, 4.69) is 44.7 Å². The SMILES string of the molecule is CCN(CC)CCN(C(=O)CCCSc1ccc(Cl)cc1)c1nc2c(C)c(C)ccc2s1. The number of benzene rings is 2. The van der Waals surface area contributed by atoms with Crippen molar-refractivity contribution in [3.63, 3.8) is 0 Å². The van der Waals surface area contributed by atoms with Crippen LogP contribution in [0.4, 0.5) is 5.13 Å². The van der Waals surface area contributed by atoms with Crippen molar-refractivity contribution in [1.82, 2.24) is 9.88 Å². The zero-order valence-corrected chi connectivity index (χ0v) is 21.7. The van der Waals surface area contributed by atoms with Crippen LogP contribution in [0.3, 0.4) is 0 Å². The second kappa shape index (κ2) is 12.0. The predicted octanol–water partition coefficient (Wildman–Crippen LogP) is 6.81. The van der Waals surface area contributed by atoms with E-state index >= 15 is 0 Å². The Morgan fingerprint density at radius 3 is 2.47 bits per heavy atom. The summed E-state index contributed by atoms with van der Waals surface area (Å²) in [4.78, 5) is 23.6. The Bertz CT molecular complexity index is 1030. The van der Waals surface area contributed by atoms with Gasteiger partial charge in [0, 0.05) is 29.4 Å². The molecule has 32 heavy (non-hydrogen) atoms. The van der Waals surface area contributed by atoms with Crippen molar-refractivity contribution < 1.29 is 4.79 Å². The number of anilines is 1. The molecule has 0 saturated heterocycles. The van der Waals surface area contributed by atoms with Gasteiger partial charge in [-0.1, -0.05) is 42.9 Å². The lowest BCUT2D eigenvalue weighted by Crippen LogP contribution is -2.38. The van der Waals surface area contributed by atoms with Gasteiger partial charge in [0.25, 0.3) is 0 Å². The van der Waals surface area contributed by atoms with Gasteiger partial charge in [0.1, 0.15) is 0 Å². The highest BCUT2D eigenvalue weighted by molar-refractivity contribution is 7.99. The Hall–Kier alpha value is -1.60. The summed E-state index contributed by atoms with van der Waals surface area (Å²) >= 11 is 9.34. The quantitative estimate of drug-likeness (QED) is 0.219. The molecule has 0 saturated carbocycles. The summed E-state index contributed by atoms with van der Waals surface area (Å²) < 4.78 is 1.14. The fourth-order valence-corrected chi connectivity index (χ4v) is 5.56. The molecule has 0 atom stereocenters. The Balaban J connectivity index is 1.69. The molecular formula is C25H32ClN3OS2. The number of thiazole rings is 1. The van der Waals surface area contributed by atoms with Crippen molar-refractivity contribution in [2.75, 3.05) is 36.8 Å². The molecule has 1 heterocycles. The summed E-state index contributed by atoms with van der Waals surface area (Å²) in [5.74, 6) is 1.05. The van der Waals surface area contributed by atoms with Crippen molar-refractivity contribution >= 4 is 56.0 Å². The Morgan fingerprint density at radius 2 is 1.78 bits per heavy atom. The maximum absolute atomic E-state index is 13.3. The molecule has 0 N–H and O–H groups in total. The fraction of sp³-hybridized carbons (Fsp3) is 0.440. The van der Waals surface area contributed by atoms with Gasteiger partial charge in [-0.25, -0.2) is 4.98 Å². The third-order valence-corrected chi connectivity index (χ3v) is 8.15. The fourth-order valence-electron chi connectivity index (χ4n) is 3.52. The average molecular weight is 490 g/mol. The van der Waals surface area contributed by atoms with Crippen molar-refractivity contribution in [2.24, 2.45) is 0 Å². The highest BCUT2D eigenvalue weighted by Gasteiger charge is 2.21. The molecule has 172 valence electrons. The first-order valence-electron chi connectivity index (χ1n) is 11.2. The average Bonchev–Trinajstić information content (AvgIpc) is 3.22. The van der Waals surface area contributed by atoms with Crippen LogP contribution in [0.1, 0.15) is 37.8 Å². The van der Waals surface area contributed by atoms with E-state index in [1.165, 1.54) is 16.0 Å². The first-order chi connectivity index (χ1) is 15.4. The standard InChI is InChI=1S/C25H32ClN3OS2/c1-5-28(6-2)15-16-29(25-27-24-19(4)18(3)9-14-22(24)32-25)23(30)8-7-17-31-21-12-10-20(26)11-13-21/h9-14H,5-8,15-17H2,1-4H3. The smallest absolute Gasteiger partial charge is 0.228 e. The van der Waals surface area contributed by atoms with Crippen molar-refractivity contribution in [3.05, 3.63) is 52.5 Å². The number of fused-ring (bicyclic) bond motifs is 1. The Morgan fingerprint density at radius 1 is 1.06 bits per heavy atom. The van der Waals surface area contributed by atoms with Crippen LogP contribution in [0, 0.1) is 13.8 Å². The molecule has 1 amide bonds. The third kappa shape index (κ3) is 6.47. The third-order valence-electron chi connectivity index (χ3n) is 5.76. The summed E-state index contributed by atoms with van der Waals surface area (Å²) in [6.07, 6.45) is 1.35. The molecule has 7 heteroatoms. The van der Waals surface area contributed by atoms with Crippen LogP contribution < -0.4 is 4.90 Å². The van der Waals surface area contributed by atoms with E-state index in [1.54, 1.807) is 23.1 Å². The first kappa shape index (κ1) is 25.0. The second-order valence-electron chi connectivity index (χ2n) is 7.83. The molecule has 0 bridgehead atoms. The van der Waals surface area contributed by atoms with E-state index in [9.17, 15) is 4.79 Å². The van der Waals surface area contributed by atoms with E-state index < -0.39 is 0 Å². The molecule has 0 aliphatic carbocycles. The number of nitrogens with zero attached hydrogens (tertiary/aromatic N) is 3. The number of likely N-dealkylation sites (N-methyl/N-ethyl adjacent to an activating group) is 1. The first-order valence-corrected chi connectivity index (χ1v) is 13.4. The monoisotopic (exact) mass is 489 g/mol. The van der Waals surface area contributed by atoms with Gasteiger partial charge >= 0.3 is 0 Å². The largest absolute Gasteiger partial charge is 0.302 e. The highest BCUT2D eigenvalue weighted by atomic mass is 35.5. The number of aryl methyl sites for hydroxylation is 2. The molecule has 0 fully saturated rings. The van der Waals surface area contributed by atoms with Crippen LogP contribution in [-0.2, 0) is 4.79 Å². The number of hydrogen-bond acceptors (Lipinski definition) is 5. The molecule has 3 aromatic rings. The Kier molecular flexibility index (Phi) is 9.41. The summed E-state index contributed by atoms with van der Waals surface area (Å²) in [6, 6.07) is 12.1. The number of thioether (sulfide) groups is 1. The van der Waals surface area contributed by atoms with Gasteiger partial charge in [-0.3, -0.25) is 9.69 Å². The molecule has 0 unspecified atom stereocenters. The minimum Gasteiger partial charge on any atom is -0.302 e. The molecule has 3 rings (SSSR count). The van der Waals surface area contributed by atoms with Crippen LogP contribution in [0.5, 0.6) is 0 Å². The van der Waals surface area contributed by atoms with Gasteiger partial charge in [-0.05, 0) is 80.6 Å². The van der Waals surface area contributed by atoms with E-state index in [-0.39, 0.29) is 5.91 Å². The van der Waals surface area contributed by atoms with Gasteiger partial charge in [0.15, 0.2) is 5.13 Å². The maximum Gasteiger partial charge on any atom is 0.228 e. The van der Waals surface area contributed by atoms with E-state index in [0.29, 0.717) is 13.0 Å². The molecule has 0 spiro atoms. The van der Waals surface area contributed by atoms with E-state index in [4.69, 9.17) is 16.6 Å². The summed E-state index contributed by atoms with van der Waals surface area (Å²) in [6.45, 7) is 12.0. The molecule has 2 aromatic carbocycles. The minimum absolute atomic E-state index is 0.155. The maximum atomic E-state index is 13.3. The van der Waals surface area contributed by atoms with E-state index in [1.807, 2.05) is 29.2 Å². The van der Waals surface area contributed by atoms with Crippen molar-refractivity contribution in [2.45, 2.75) is 45.4 Å². The highest BCUT2D eigenvalue weighted by Crippen LogP contribution is 2.32. The number of hydrogen-bond donors (Lipinski definition) is 0.